The molecule has 0 rings (SSSR count). The van der Waals surface area contributed by atoms with Crippen LogP contribution in [0.1, 0.15) is 6.92 Å². The fourth-order valence-corrected chi connectivity index (χ4v) is 0.435. The molecule has 0 atom stereocenters. The van der Waals surface area contributed by atoms with E-state index in [0.717, 1.165) is 0 Å². The van der Waals surface area contributed by atoms with E-state index in [-0.39, 0.29) is 11.4 Å². The van der Waals surface area contributed by atoms with Gasteiger partial charge in [0.2, 0.25) is 0 Å². The summed E-state index contributed by atoms with van der Waals surface area (Å²) < 4.78 is 0. The van der Waals surface area contributed by atoms with Gasteiger partial charge in [0.15, 0.2) is 0 Å². The second kappa shape index (κ2) is 4.93. The summed E-state index contributed by atoms with van der Waals surface area (Å²) in [5.74, 6) is 0. The zero-order chi connectivity index (χ0) is 8.69. The molecule has 0 heterocycles. The van der Waals surface area contributed by atoms with E-state index in [1.54, 1.807) is 6.92 Å². The minimum Gasteiger partial charge on any atom is -0.0890 e. The maximum Gasteiger partial charge on any atom is 0.0422 e. The van der Waals surface area contributed by atoms with Gasteiger partial charge in [-0.25, -0.2) is 0 Å². The Morgan fingerprint density at radius 3 is 2.27 bits per heavy atom. The normalized spacial score (nSPS) is 9.36. The second-order valence-corrected chi connectivity index (χ2v) is 1.50. The quantitative estimate of drug-likeness (QED) is 0.255. The Bertz CT molecular complexity index is 275. The molecule has 0 N–H and O–H groups in total. The van der Waals surface area contributed by atoms with Gasteiger partial charge in [-0.2, -0.15) is 0 Å². The van der Waals surface area contributed by atoms with Crippen molar-refractivity contribution in [3.63, 3.8) is 0 Å². The van der Waals surface area contributed by atoms with Crippen LogP contribution >= 0.6 is 0 Å². The Hall–Kier alpha value is -1.90. The third kappa shape index (κ3) is 2.95. The summed E-state index contributed by atoms with van der Waals surface area (Å²) in [7, 11) is 0. The zero-order valence-corrected chi connectivity index (χ0v) is 5.97. The van der Waals surface area contributed by atoms with Gasteiger partial charge in [-0.15, -0.1) is 0 Å². The molecule has 0 saturated heterocycles. The Kier molecular flexibility index (Phi) is 4.08. The molecule has 0 amide bonds. The highest BCUT2D eigenvalue weighted by Gasteiger charge is 1.93. The van der Waals surface area contributed by atoms with Gasteiger partial charge >= 0.3 is 0 Å². The molecule has 0 aromatic carbocycles. The molecule has 0 fully saturated rings. The summed E-state index contributed by atoms with van der Waals surface area (Å²) in [5.41, 5.74) is 16.4. The predicted octanol–water partition coefficient (Wildman–Crippen LogP) is 3.02. The van der Waals surface area contributed by atoms with Crippen LogP contribution in [0.3, 0.4) is 0 Å². The number of nitrogens with zero attached hydrogens (tertiary/aromatic N) is 6. The maximum absolute atomic E-state index is 8.03. The molecular weight excluding hydrogens is 144 g/mol. The number of azide groups is 2. The molecule has 0 aliphatic carbocycles. The summed E-state index contributed by atoms with van der Waals surface area (Å²) in [6, 6.07) is 0. The number of rotatable bonds is 3. The van der Waals surface area contributed by atoms with Crippen LogP contribution in [0.25, 0.3) is 20.9 Å². The molecule has 0 spiro atoms. The Balaban J connectivity index is 4.67. The Labute approximate surface area is 63.1 Å². The number of hydrogen-bond donors (Lipinski definition) is 0. The van der Waals surface area contributed by atoms with Crippen molar-refractivity contribution in [3.05, 3.63) is 44.9 Å². The molecule has 0 unspecified atom stereocenters. The van der Waals surface area contributed by atoms with Crippen molar-refractivity contribution >= 4 is 0 Å². The van der Waals surface area contributed by atoms with Gasteiger partial charge in [0.05, 0.1) is 0 Å². The van der Waals surface area contributed by atoms with Crippen LogP contribution in [0.15, 0.2) is 34.3 Å². The molecule has 6 heteroatoms. The first kappa shape index (κ1) is 9.10. The molecule has 6 nitrogen and oxygen atoms in total. The third-order valence-electron chi connectivity index (χ3n) is 0.887. The van der Waals surface area contributed by atoms with Gasteiger partial charge in [-0.3, -0.25) is 0 Å². The highest BCUT2D eigenvalue weighted by atomic mass is 15.2. The molecule has 56 valence electrons. The number of hydrogen-bond acceptors (Lipinski definition) is 2. The van der Waals surface area contributed by atoms with E-state index in [2.05, 4.69) is 26.6 Å². The molecule has 0 radical (unpaired) electrons. The minimum atomic E-state index is 0.118. The fraction of sp³-hybridized carbons (Fsp3) is 0.200. The molecule has 0 saturated carbocycles. The monoisotopic (exact) mass is 150 g/mol. The predicted molar refractivity (Wildman–Crippen MR) is 41.2 cm³/mol. The van der Waals surface area contributed by atoms with Crippen LogP contribution in [0, 0.1) is 0 Å². The lowest BCUT2D eigenvalue weighted by Crippen LogP contribution is -1.76. The van der Waals surface area contributed by atoms with Crippen molar-refractivity contribution in [1.29, 1.82) is 0 Å². The van der Waals surface area contributed by atoms with Crippen molar-refractivity contribution in [2.24, 2.45) is 10.2 Å². The highest BCUT2D eigenvalue weighted by molar-refractivity contribution is 5.24. The maximum atomic E-state index is 8.03. The van der Waals surface area contributed by atoms with Crippen LogP contribution < -0.4 is 0 Å². The fourth-order valence-electron chi connectivity index (χ4n) is 0.435. The molecule has 0 aliphatic heterocycles. The van der Waals surface area contributed by atoms with Crippen LogP contribution in [0.4, 0.5) is 0 Å². The second-order valence-electron chi connectivity index (χ2n) is 1.50. The van der Waals surface area contributed by atoms with E-state index in [1.807, 2.05) is 0 Å². The molecule has 0 aromatic heterocycles. The van der Waals surface area contributed by atoms with E-state index in [9.17, 15) is 0 Å². The van der Waals surface area contributed by atoms with Crippen molar-refractivity contribution < 1.29 is 0 Å². The summed E-state index contributed by atoms with van der Waals surface area (Å²) in [4.78, 5) is 5.01. The number of allylic oxidation sites excluding steroid dienone is 1. The average Bonchev–Trinajstić information content (AvgIpc) is 2.00. The smallest absolute Gasteiger partial charge is 0.0422 e. The summed E-state index contributed by atoms with van der Waals surface area (Å²) in [5, 5.41) is 6.41. The summed E-state index contributed by atoms with van der Waals surface area (Å²) in [6.07, 6.45) is 1.51. The first-order chi connectivity index (χ1) is 5.26. The van der Waals surface area contributed by atoms with Crippen LogP contribution in [-0.2, 0) is 0 Å². The first-order valence-corrected chi connectivity index (χ1v) is 2.72. The molecule has 11 heavy (non-hydrogen) atoms. The van der Waals surface area contributed by atoms with E-state index >= 15 is 0 Å². The van der Waals surface area contributed by atoms with Gasteiger partial charge < -0.3 is 0 Å². The van der Waals surface area contributed by atoms with E-state index < -0.39 is 0 Å². The Morgan fingerprint density at radius 1 is 1.36 bits per heavy atom. The van der Waals surface area contributed by atoms with Gasteiger partial charge in [0, 0.05) is 21.2 Å². The van der Waals surface area contributed by atoms with Crippen molar-refractivity contribution in [3.8, 4) is 0 Å². The van der Waals surface area contributed by atoms with E-state index in [4.69, 9.17) is 11.1 Å². The lowest BCUT2D eigenvalue weighted by molar-refractivity contribution is 1.20. The standard InChI is InChI=1S/C5H6N6/c1-3-5(9-11-7)4(2)8-10-6/h3H,2H2,1H3/b5-3-. The summed E-state index contributed by atoms with van der Waals surface area (Å²) >= 11 is 0. The SMILES string of the molecule is C=C(N=[N+]=[N-])/C(=C/C)N=[N+]=[N-]. The third-order valence-corrected chi connectivity index (χ3v) is 0.887. The molecule has 0 bridgehead atoms. The lowest BCUT2D eigenvalue weighted by Gasteiger charge is -1.92. The lowest BCUT2D eigenvalue weighted by atomic mass is 10.3. The van der Waals surface area contributed by atoms with E-state index in [1.165, 1.54) is 6.08 Å². The minimum absolute atomic E-state index is 0.118. The van der Waals surface area contributed by atoms with Crippen LogP contribution in [0.2, 0.25) is 0 Å². The van der Waals surface area contributed by atoms with Crippen molar-refractivity contribution in [2.75, 3.05) is 0 Å². The van der Waals surface area contributed by atoms with Gasteiger partial charge in [-0.05, 0) is 18.0 Å². The van der Waals surface area contributed by atoms with Gasteiger partial charge in [0.25, 0.3) is 0 Å². The van der Waals surface area contributed by atoms with Crippen molar-refractivity contribution in [1.82, 2.24) is 0 Å². The highest BCUT2D eigenvalue weighted by Crippen LogP contribution is 2.10. The van der Waals surface area contributed by atoms with E-state index in [0.29, 0.717) is 0 Å². The largest absolute Gasteiger partial charge is 0.0890 e. The molecule has 0 aromatic rings. The van der Waals surface area contributed by atoms with Crippen molar-refractivity contribution in [2.45, 2.75) is 6.92 Å². The molecule has 0 aliphatic rings. The van der Waals surface area contributed by atoms with Gasteiger partial charge in [0.1, 0.15) is 0 Å². The van der Waals surface area contributed by atoms with Crippen LogP contribution in [0.5, 0.6) is 0 Å². The zero-order valence-electron chi connectivity index (χ0n) is 5.97. The van der Waals surface area contributed by atoms with Crippen LogP contribution in [-0.4, -0.2) is 0 Å². The Morgan fingerprint density at radius 2 is 1.91 bits per heavy atom. The van der Waals surface area contributed by atoms with Gasteiger partial charge in [-0.1, -0.05) is 22.9 Å². The topological polar surface area (TPSA) is 97.5 Å². The average molecular weight is 150 g/mol. The molecular formula is C5H6N6. The first-order valence-electron chi connectivity index (χ1n) is 2.72. The summed E-state index contributed by atoms with van der Waals surface area (Å²) in [6.45, 7) is 5.04.